The van der Waals surface area contributed by atoms with Crippen molar-refractivity contribution in [2.45, 2.75) is 43.7 Å². The Morgan fingerprint density at radius 1 is 1.47 bits per heavy atom. The van der Waals surface area contributed by atoms with E-state index >= 15 is 0 Å². The van der Waals surface area contributed by atoms with Crippen LogP contribution in [0.25, 0.3) is 0 Å². The predicted octanol–water partition coefficient (Wildman–Crippen LogP) is -0.103. The van der Waals surface area contributed by atoms with Gasteiger partial charge in [-0.1, -0.05) is 0 Å². The number of aliphatic hydroxyl groups is 1. The lowest BCUT2D eigenvalue weighted by molar-refractivity contribution is -0.145. The van der Waals surface area contributed by atoms with E-state index in [4.69, 9.17) is 14.9 Å². The molecule has 1 amide bonds. The summed E-state index contributed by atoms with van der Waals surface area (Å²) in [5, 5.41) is 19.9. The van der Waals surface area contributed by atoms with Gasteiger partial charge < -0.3 is 20.3 Å². The van der Waals surface area contributed by atoms with E-state index in [0.717, 1.165) is 19.3 Å². The first-order valence-electron chi connectivity index (χ1n) is 5.71. The van der Waals surface area contributed by atoms with Crippen LogP contribution in [-0.2, 0) is 14.3 Å². The zero-order valence-corrected chi connectivity index (χ0v) is 9.94. The van der Waals surface area contributed by atoms with Crippen molar-refractivity contribution in [3.63, 3.8) is 0 Å². The monoisotopic (exact) mass is 245 g/mol. The molecule has 0 saturated heterocycles. The van der Waals surface area contributed by atoms with E-state index in [1.54, 1.807) is 7.11 Å². The maximum absolute atomic E-state index is 11.7. The molecule has 1 aliphatic carbocycles. The normalized spacial score (nSPS) is 19.2. The van der Waals surface area contributed by atoms with Gasteiger partial charge in [0.15, 0.2) is 0 Å². The Balaban J connectivity index is 2.44. The number of hydrogen-bond donors (Lipinski definition) is 3. The quantitative estimate of drug-likeness (QED) is 0.582. The largest absolute Gasteiger partial charge is 0.480 e. The highest BCUT2D eigenvalue weighted by Crippen LogP contribution is 2.37. The van der Waals surface area contributed by atoms with Crippen molar-refractivity contribution in [3.05, 3.63) is 0 Å². The number of aliphatic hydroxyl groups excluding tert-OH is 1. The average molecular weight is 245 g/mol. The van der Waals surface area contributed by atoms with Gasteiger partial charge in [0, 0.05) is 20.1 Å². The molecule has 0 aromatic rings. The number of amides is 1. The fourth-order valence-corrected chi connectivity index (χ4v) is 1.95. The van der Waals surface area contributed by atoms with Crippen LogP contribution in [0.3, 0.4) is 0 Å². The van der Waals surface area contributed by atoms with E-state index in [2.05, 4.69) is 5.32 Å². The van der Waals surface area contributed by atoms with Crippen LogP contribution in [0.1, 0.15) is 32.1 Å². The van der Waals surface area contributed by atoms with Crippen molar-refractivity contribution < 1.29 is 24.5 Å². The third-order valence-electron chi connectivity index (χ3n) is 3.23. The van der Waals surface area contributed by atoms with Gasteiger partial charge in [0.2, 0.25) is 5.91 Å². The molecule has 17 heavy (non-hydrogen) atoms. The Kier molecular flexibility index (Phi) is 4.89. The second-order valence-corrected chi connectivity index (χ2v) is 4.39. The summed E-state index contributed by atoms with van der Waals surface area (Å²) in [4.78, 5) is 22.5. The third kappa shape index (κ3) is 3.67. The first-order valence-corrected chi connectivity index (χ1v) is 5.71. The molecule has 98 valence electrons. The second kappa shape index (κ2) is 5.97. The van der Waals surface area contributed by atoms with Crippen molar-refractivity contribution in [1.29, 1.82) is 0 Å². The topological polar surface area (TPSA) is 95.9 Å². The predicted molar refractivity (Wildman–Crippen MR) is 59.5 cm³/mol. The van der Waals surface area contributed by atoms with E-state index in [1.165, 1.54) is 0 Å². The third-order valence-corrected chi connectivity index (χ3v) is 3.23. The number of carboxylic acid groups (broad SMARTS) is 1. The molecule has 0 aliphatic heterocycles. The summed E-state index contributed by atoms with van der Waals surface area (Å²) in [5.74, 6) is -1.47. The Hall–Kier alpha value is -1.14. The highest BCUT2D eigenvalue weighted by atomic mass is 16.5. The molecule has 0 bridgehead atoms. The fraction of sp³-hybridized carbons (Fsp3) is 0.818. The Morgan fingerprint density at radius 2 is 2.12 bits per heavy atom. The summed E-state index contributed by atoms with van der Waals surface area (Å²) >= 11 is 0. The molecule has 1 aliphatic rings. The molecular weight excluding hydrogens is 226 g/mol. The number of methoxy groups -OCH3 is 1. The van der Waals surface area contributed by atoms with Crippen molar-refractivity contribution >= 4 is 11.9 Å². The molecular formula is C11H19NO5. The molecule has 0 radical (unpaired) electrons. The van der Waals surface area contributed by atoms with Crippen molar-refractivity contribution in [2.24, 2.45) is 0 Å². The van der Waals surface area contributed by atoms with Gasteiger partial charge in [-0.2, -0.15) is 0 Å². The Bertz CT molecular complexity index is 282. The molecule has 0 heterocycles. The van der Waals surface area contributed by atoms with Crippen LogP contribution in [0, 0.1) is 0 Å². The minimum absolute atomic E-state index is 0.0149. The van der Waals surface area contributed by atoms with Gasteiger partial charge >= 0.3 is 5.97 Å². The number of ether oxygens (including phenoxy) is 1. The standard InChI is InChI=1S/C11H19NO5/c1-17-11(4-2-5-11)7-9(14)12-8(3-6-13)10(15)16/h8,13H,2-7H2,1H3,(H,12,14)(H,15,16). The molecule has 6 heteroatoms. The molecule has 0 spiro atoms. The van der Waals surface area contributed by atoms with Crippen LogP contribution in [0.2, 0.25) is 0 Å². The van der Waals surface area contributed by atoms with Crippen molar-refractivity contribution in [3.8, 4) is 0 Å². The molecule has 1 saturated carbocycles. The summed E-state index contributed by atoms with van der Waals surface area (Å²) in [6.07, 6.45) is 2.88. The summed E-state index contributed by atoms with van der Waals surface area (Å²) in [5.41, 5.74) is -0.410. The van der Waals surface area contributed by atoms with Crippen LogP contribution in [0.15, 0.2) is 0 Å². The maximum atomic E-state index is 11.7. The second-order valence-electron chi connectivity index (χ2n) is 4.39. The highest BCUT2D eigenvalue weighted by molar-refractivity contribution is 5.84. The van der Waals surface area contributed by atoms with E-state index in [-0.39, 0.29) is 25.4 Å². The van der Waals surface area contributed by atoms with E-state index < -0.39 is 17.6 Å². The molecule has 0 aromatic carbocycles. The lowest BCUT2D eigenvalue weighted by Gasteiger charge is -2.40. The zero-order valence-electron chi connectivity index (χ0n) is 9.94. The smallest absolute Gasteiger partial charge is 0.326 e. The van der Waals surface area contributed by atoms with Crippen molar-refractivity contribution in [1.82, 2.24) is 5.32 Å². The van der Waals surface area contributed by atoms with E-state index in [1.807, 2.05) is 0 Å². The van der Waals surface area contributed by atoms with Crippen LogP contribution in [0.4, 0.5) is 0 Å². The molecule has 1 fully saturated rings. The molecule has 0 aromatic heterocycles. The minimum Gasteiger partial charge on any atom is -0.480 e. The van der Waals surface area contributed by atoms with Crippen LogP contribution in [0.5, 0.6) is 0 Å². The summed E-state index contributed by atoms with van der Waals surface area (Å²) < 4.78 is 5.29. The lowest BCUT2D eigenvalue weighted by Crippen LogP contribution is -2.48. The van der Waals surface area contributed by atoms with Gasteiger partial charge in [-0.15, -0.1) is 0 Å². The number of carbonyl (C=O) groups excluding carboxylic acids is 1. The van der Waals surface area contributed by atoms with E-state index in [0.29, 0.717) is 0 Å². The number of aliphatic carboxylic acids is 1. The van der Waals surface area contributed by atoms with Crippen LogP contribution in [-0.4, -0.2) is 47.4 Å². The SMILES string of the molecule is COC1(CC(=O)NC(CCO)C(=O)O)CCC1. The maximum Gasteiger partial charge on any atom is 0.326 e. The number of nitrogens with one attached hydrogen (secondary N) is 1. The van der Waals surface area contributed by atoms with Gasteiger partial charge in [0.25, 0.3) is 0 Å². The van der Waals surface area contributed by atoms with Gasteiger partial charge in [0.05, 0.1) is 12.0 Å². The number of carbonyl (C=O) groups is 2. The average Bonchev–Trinajstić information content (AvgIpc) is 2.22. The van der Waals surface area contributed by atoms with Gasteiger partial charge in [0.1, 0.15) is 6.04 Å². The lowest BCUT2D eigenvalue weighted by atomic mass is 9.77. The molecule has 1 rings (SSSR count). The highest BCUT2D eigenvalue weighted by Gasteiger charge is 2.39. The number of rotatable bonds is 7. The zero-order chi connectivity index (χ0) is 12.9. The summed E-state index contributed by atoms with van der Waals surface area (Å²) in [6.45, 7) is -0.271. The van der Waals surface area contributed by atoms with Crippen LogP contribution < -0.4 is 5.32 Å². The molecule has 3 N–H and O–H groups in total. The molecule has 1 unspecified atom stereocenters. The summed E-state index contributed by atoms with van der Waals surface area (Å²) in [7, 11) is 1.56. The Labute approximate surface area is 100.0 Å². The van der Waals surface area contributed by atoms with Gasteiger partial charge in [-0.25, -0.2) is 4.79 Å². The Morgan fingerprint density at radius 3 is 2.47 bits per heavy atom. The van der Waals surface area contributed by atoms with Crippen molar-refractivity contribution in [2.75, 3.05) is 13.7 Å². The summed E-state index contributed by atoms with van der Waals surface area (Å²) in [6, 6.07) is -1.03. The minimum atomic E-state index is -1.13. The molecule has 6 nitrogen and oxygen atoms in total. The van der Waals surface area contributed by atoms with Gasteiger partial charge in [-0.05, 0) is 19.3 Å². The van der Waals surface area contributed by atoms with Gasteiger partial charge in [-0.3, -0.25) is 4.79 Å². The number of hydrogen-bond acceptors (Lipinski definition) is 4. The first-order chi connectivity index (χ1) is 8.03. The van der Waals surface area contributed by atoms with Crippen LogP contribution >= 0.6 is 0 Å². The fourth-order valence-electron chi connectivity index (χ4n) is 1.95. The first kappa shape index (κ1) is 13.9. The van der Waals surface area contributed by atoms with E-state index in [9.17, 15) is 9.59 Å². The molecule has 1 atom stereocenters. The number of carboxylic acids is 1.